The molecule has 0 spiro atoms. The molecule has 1 aromatic carbocycles. The molecule has 0 atom stereocenters. The number of nitrogens with one attached hydrogen (secondary N) is 1. The van der Waals surface area contributed by atoms with Gasteiger partial charge in [0.1, 0.15) is 5.82 Å². The molecule has 21 heavy (non-hydrogen) atoms. The first-order chi connectivity index (χ1) is 10.1. The minimum atomic E-state index is -1.07. The van der Waals surface area contributed by atoms with Crippen LogP contribution in [0.15, 0.2) is 36.5 Å². The summed E-state index contributed by atoms with van der Waals surface area (Å²) in [6.07, 6.45) is 1.18. The smallest absolute Gasteiger partial charge is 0.337 e. The van der Waals surface area contributed by atoms with Gasteiger partial charge < -0.3 is 19.9 Å². The highest BCUT2D eigenvalue weighted by molar-refractivity contribution is 6.04. The number of fused-ring (bicyclic) bond motifs is 1. The van der Waals surface area contributed by atoms with E-state index < -0.39 is 5.97 Å². The lowest BCUT2D eigenvalue weighted by atomic mass is 10.2. The van der Waals surface area contributed by atoms with E-state index in [-0.39, 0.29) is 24.1 Å². The Hall–Kier alpha value is -3.09. The highest BCUT2D eigenvalue weighted by Gasteiger charge is 2.16. The molecule has 7 nitrogen and oxygen atoms in total. The van der Waals surface area contributed by atoms with E-state index in [4.69, 9.17) is 14.6 Å². The molecule has 1 aliphatic rings. The van der Waals surface area contributed by atoms with Gasteiger partial charge in [-0.15, -0.1) is 0 Å². The predicted molar refractivity (Wildman–Crippen MR) is 71.7 cm³/mol. The Morgan fingerprint density at radius 1 is 1.10 bits per heavy atom. The number of amides is 1. The molecule has 0 unspecified atom stereocenters. The first-order valence-electron chi connectivity index (χ1n) is 6.04. The van der Waals surface area contributed by atoms with Gasteiger partial charge in [-0.3, -0.25) is 4.79 Å². The van der Waals surface area contributed by atoms with Crippen molar-refractivity contribution in [3.63, 3.8) is 0 Å². The zero-order valence-electron chi connectivity index (χ0n) is 10.7. The van der Waals surface area contributed by atoms with E-state index in [0.29, 0.717) is 17.1 Å². The average molecular weight is 286 g/mol. The number of carboxylic acids is 1. The molecule has 0 saturated heterocycles. The number of hydrogen-bond donors (Lipinski definition) is 2. The van der Waals surface area contributed by atoms with Gasteiger partial charge in [-0.05, 0) is 30.3 Å². The lowest BCUT2D eigenvalue weighted by Crippen LogP contribution is -2.13. The van der Waals surface area contributed by atoms with Crippen LogP contribution in [0.5, 0.6) is 11.5 Å². The van der Waals surface area contributed by atoms with Crippen LogP contribution in [0.2, 0.25) is 0 Å². The molecule has 1 aromatic heterocycles. The van der Waals surface area contributed by atoms with Crippen molar-refractivity contribution >= 4 is 17.7 Å². The molecule has 0 bridgehead atoms. The second kappa shape index (κ2) is 5.12. The summed E-state index contributed by atoms with van der Waals surface area (Å²) in [6, 6.07) is 7.62. The summed E-state index contributed by atoms with van der Waals surface area (Å²) in [5.41, 5.74) is 0.444. The van der Waals surface area contributed by atoms with Gasteiger partial charge in [-0.2, -0.15) is 0 Å². The summed E-state index contributed by atoms with van der Waals surface area (Å²) in [6.45, 7) is 0.138. The zero-order chi connectivity index (χ0) is 14.8. The Morgan fingerprint density at radius 3 is 2.57 bits per heavy atom. The van der Waals surface area contributed by atoms with Crippen LogP contribution in [-0.4, -0.2) is 28.8 Å². The monoisotopic (exact) mass is 286 g/mol. The molecule has 2 heterocycles. The number of pyridine rings is 1. The molecular formula is C14H10N2O5. The van der Waals surface area contributed by atoms with Gasteiger partial charge in [0.05, 0.1) is 5.56 Å². The van der Waals surface area contributed by atoms with Crippen molar-refractivity contribution in [3.05, 3.63) is 47.7 Å². The maximum Gasteiger partial charge on any atom is 0.337 e. The average Bonchev–Trinajstić information content (AvgIpc) is 2.95. The van der Waals surface area contributed by atoms with Gasteiger partial charge in [0.2, 0.25) is 6.79 Å². The standard InChI is InChI=1S/C14H10N2O5/c17-13(8-1-3-10-11(5-8)21-7-20-10)16-12-4-2-9(6-15-12)14(18)19/h1-6H,7H2,(H,18,19)(H,15,16,17). The number of aromatic nitrogens is 1. The number of ether oxygens (including phenoxy) is 2. The molecule has 1 aliphatic heterocycles. The zero-order valence-corrected chi connectivity index (χ0v) is 10.7. The normalized spacial score (nSPS) is 12.0. The van der Waals surface area contributed by atoms with E-state index in [9.17, 15) is 9.59 Å². The molecule has 0 aliphatic carbocycles. The first kappa shape index (κ1) is 12.9. The molecule has 2 aromatic rings. The first-order valence-corrected chi connectivity index (χ1v) is 6.04. The number of anilines is 1. The summed E-state index contributed by atoms with van der Waals surface area (Å²) in [4.78, 5) is 26.6. The van der Waals surface area contributed by atoms with Gasteiger partial charge in [0, 0.05) is 11.8 Å². The van der Waals surface area contributed by atoms with E-state index in [2.05, 4.69) is 10.3 Å². The topological polar surface area (TPSA) is 97.8 Å². The molecule has 106 valence electrons. The largest absolute Gasteiger partial charge is 0.478 e. The molecule has 0 radical (unpaired) electrons. The second-order valence-corrected chi connectivity index (χ2v) is 4.26. The van der Waals surface area contributed by atoms with Gasteiger partial charge in [0.15, 0.2) is 11.5 Å². The Kier molecular flexibility index (Phi) is 3.15. The van der Waals surface area contributed by atoms with Crippen LogP contribution >= 0.6 is 0 Å². The molecule has 3 rings (SSSR count). The number of rotatable bonds is 3. The molecular weight excluding hydrogens is 276 g/mol. The summed E-state index contributed by atoms with van der Waals surface area (Å²) in [5.74, 6) is -0.0741. The number of carboxylic acid groups (broad SMARTS) is 1. The van der Waals surface area contributed by atoms with E-state index in [1.54, 1.807) is 18.2 Å². The minimum absolute atomic E-state index is 0.0519. The van der Waals surface area contributed by atoms with Crippen LogP contribution in [0.25, 0.3) is 0 Å². The third-order valence-electron chi connectivity index (χ3n) is 2.89. The van der Waals surface area contributed by atoms with Gasteiger partial charge in [-0.1, -0.05) is 0 Å². The minimum Gasteiger partial charge on any atom is -0.478 e. The van der Waals surface area contributed by atoms with Gasteiger partial charge in [-0.25, -0.2) is 9.78 Å². The van der Waals surface area contributed by atoms with E-state index in [0.717, 1.165) is 0 Å². The van der Waals surface area contributed by atoms with Crippen LogP contribution in [0.1, 0.15) is 20.7 Å². The molecule has 2 N–H and O–H groups in total. The van der Waals surface area contributed by atoms with Crippen molar-refractivity contribution < 1.29 is 24.2 Å². The third kappa shape index (κ3) is 2.62. The summed E-state index contributed by atoms with van der Waals surface area (Å²) < 4.78 is 10.4. The maximum atomic E-state index is 12.1. The summed E-state index contributed by atoms with van der Waals surface area (Å²) in [5, 5.41) is 11.3. The highest BCUT2D eigenvalue weighted by atomic mass is 16.7. The van der Waals surface area contributed by atoms with Crippen molar-refractivity contribution in [2.45, 2.75) is 0 Å². The van der Waals surface area contributed by atoms with E-state index in [1.165, 1.54) is 18.3 Å². The lowest BCUT2D eigenvalue weighted by Gasteiger charge is -2.05. The summed E-state index contributed by atoms with van der Waals surface area (Å²) >= 11 is 0. The molecule has 1 amide bonds. The number of carbonyl (C=O) groups excluding carboxylic acids is 1. The SMILES string of the molecule is O=C(O)c1ccc(NC(=O)c2ccc3c(c2)OCO3)nc1. The molecule has 0 fully saturated rings. The Morgan fingerprint density at radius 2 is 1.86 bits per heavy atom. The number of hydrogen-bond acceptors (Lipinski definition) is 5. The van der Waals surface area contributed by atoms with Gasteiger partial charge in [0.25, 0.3) is 5.91 Å². The highest BCUT2D eigenvalue weighted by Crippen LogP contribution is 2.32. The maximum absolute atomic E-state index is 12.1. The quantitative estimate of drug-likeness (QED) is 0.892. The Bertz CT molecular complexity index is 712. The fourth-order valence-electron chi connectivity index (χ4n) is 1.82. The second-order valence-electron chi connectivity index (χ2n) is 4.26. The third-order valence-corrected chi connectivity index (χ3v) is 2.89. The summed E-state index contributed by atoms with van der Waals surface area (Å²) in [7, 11) is 0. The van der Waals surface area contributed by atoms with Crippen molar-refractivity contribution in [3.8, 4) is 11.5 Å². The van der Waals surface area contributed by atoms with Crippen LogP contribution in [-0.2, 0) is 0 Å². The van der Waals surface area contributed by atoms with E-state index in [1.807, 2.05) is 0 Å². The van der Waals surface area contributed by atoms with Crippen molar-refractivity contribution in [2.24, 2.45) is 0 Å². The number of aromatic carboxylic acids is 1. The van der Waals surface area contributed by atoms with Crippen LogP contribution < -0.4 is 14.8 Å². The van der Waals surface area contributed by atoms with Crippen molar-refractivity contribution in [1.29, 1.82) is 0 Å². The number of benzene rings is 1. The van der Waals surface area contributed by atoms with Crippen molar-refractivity contribution in [1.82, 2.24) is 4.98 Å². The lowest BCUT2D eigenvalue weighted by molar-refractivity contribution is 0.0696. The number of nitrogens with zero attached hydrogens (tertiary/aromatic N) is 1. The van der Waals surface area contributed by atoms with Crippen LogP contribution in [0, 0.1) is 0 Å². The Balaban J connectivity index is 1.75. The number of carbonyl (C=O) groups is 2. The van der Waals surface area contributed by atoms with Gasteiger partial charge >= 0.3 is 5.97 Å². The van der Waals surface area contributed by atoms with Crippen LogP contribution in [0.3, 0.4) is 0 Å². The van der Waals surface area contributed by atoms with Crippen molar-refractivity contribution in [2.75, 3.05) is 12.1 Å². The molecule has 7 heteroatoms. The fourth-order valence-corrected chi connectivity index (χ4v) is 1.82. The fraction of sp³-hybridized carbons (Fsp3) is 0.0714. The van der Waals surface area contributed by atoms with E-state index >= 15 is 0 Å². The molecule has 0 saturated carbocycles. The Labute approximate surface area is 119 Å². The predicted octanol–water partition coefficient (Wildman–Crippen LogP) is 1.76. The van der Waals surface area contributed by atoms with Crippen LogP contribution in [0.4, 0.5) is 5.82 Å².